The average molecular weight is 2080 g/mol. The molecule has 0 saturated heterocycles. The van der Waals surface area contributed by atoms with Crippen molar-refractivity contribution in [2.45, 2.75) is 300 Å². The number of nitrogens with two attached hydrogens (primary N) is 6. The van der Waals surface area contributed by atoms with E-state index in [4.69, 9.17) is 39.5 Å². The van der Waals surface area contributed by atoms with Crippen molar-refractivity contribution in [1.82, 2.24) is 101 Å². The van der Waals surface area contributed by atoms with Gasteiger partial charge in [0.25, 0.3) is 0 Å². The lowest BCUT2D eigenvalue weighted by molar-refractivity contribution is -0.147. The summed E-state index contributed by atoms with van der Waals surface area (Å²) in [5, 5.41) is 134. The van der Waals surface area contributed by atoms with Gasteiger partial charge in [0.15, 0.2) is 0 Å². The number of carbonyl (C=O) groups excluding carboxylic acids is 22. The largest absolute Gasteiger partial charge is 0.508 e. The molecule has 0 spiro atoms. The molecule has 1 aromatic rings. The Labute approximate surface area is 840 Å². The van der Waals surface area contributed by atoms with Gasteiger partial charge in [0, 0.05) is 6.42 Å². The minimum absolute atomic E-state index is 0.0604. The van der Waals surface area contributed by atoms with Gasteiger partial charge in [-0.15, -0.1) is 0 Å². The van der Waals surface area contributed by atoms with Crippen LogP contribution in [0.2, 0.25) is 0 Å². The number of phenolic OH excluding ortho intramolecular Hbond substituents is 1. The number of carboxylic acid groups (broad SMARTS) is 2. The maximum Gasteiger partial charge on any atom is 0.326 e. The normalized spacial score (nSPS) is 16.1. The van der Waals surface area contributed by atoms with Crippen LogP contribution >= 0.6 is 0 Å². The lowest BCUT2D eigenvalue weighted by Gasteiger charge is -2.31. The van der Waals surface area contributed by atoms with Crippen molar-refractivity contribution in [3.05, 3.63) is 29.8 Å². The van der Waals surface area contributed by atoms with Crippen LogP contribution in [0.1, 0.15) is 172 Å². The van der Waals surface area contributed by atoms with E-state index < -0.39 is 358 Å². The molecule has 0 fully saturated rings. The second-order valence-electron chi connectivity index (χ2n) is 35.3. The van der Waals surface area contributed by atoms with Crippen LogP contribution in [-0.2, 0) is 121 Å². The summed E-state index contributed by atoms with van der Waals surface area (Å²) in [4.78, 5) is 323. The molecule has 0 aliphatic heterocycles. The molecule has 0 aromatic heterocycles. The van der Waals surface area contributed by atoms with E-state index in [0.29, 0.717) is 19.4 Å². The number of rotatable bonds is 70. The summed E-state index contributed by atoms with van der Waals surface area (Å²) in [6.45, 7) is 11.0. The van der Waals surface area contributed by atoms with Crippen molar-refractivity contribution in [2.24, 2.45) is 58.1 Å². The third-order valence-corrected chi connectivity index (χ3v) is 23.0. The minimum atomic E-state index is -2.03. The van der Waals surface area contributed by atoms with E-state index in [1.54, 1.807) is 20.8 Å². The number of primary amides is 3. The van der Waals surface area contributed by atoms with Gasteiger partial charge in [0.1, 0.15) is 121 Å². The third-order valence-electron chi connectivity index (χ3n) is 23.0. The highest BCUT2D eigenvalue weighted by Gasteiger charge is 2.43. The van der Waals surface area contributed by atoms with Crippen molar-refractivity contribution in [3.8, 4) is 5.75 Å². The van der Waals surface area contributed by atoms with Crippen LogP contribution in [0.5, 0.6) is 5.75 Å². The second kappa shape index (κ2) is 66.1. The number of carboxylic acids is 2. The lowest BCUT2D eigenvalue weighted by atomic mass is 9.94. The van der Waals surface area contributed by atoms with Gasteiger partial charge in [-0.25, -0.2) is 4.79 Å². The van der Waals surface area contributed by atoms with Crippen LogP contribution < -0.4 is 135 Å². The zero-order valence-electron chi connectivity index (χ0n) is 83.4. The van der Waals surface area contributed by atoms with Gasteiger partial charge in [0.05, 0.1) is 70.9 Å². The first-order chi connectivity index (χ1) is 68.4. The molecule has 0 unspecified atom stereocenters. The summed E-state index contributed by atoms with van der Waals surface area (Å²) in [7, 11) is 0. The van der Waals surface area contributed by atoms with Crippen molar-refractivity contribution in [1.29, 1.82) is 0 Å². The summed E-state index contributed by atoms with van der Waals surface area (Å²) < 4.78 is 0. The molecule has 0 bridgehead atoms. The summed E-state index contributed by atoms with van der Waals surface area (Å²) in [5.74, 6) is -33.1. The summed E-state index contributed by atoms with van der Waals surface area (Å²) in [6.07, 6.45) is -4.65. The predicted octanol–water partition coefficient (Wildman–Crippen LogP) is -14.9. The molecule has 22 amide bonds. The van der Waals surface area contributed by atoms with Crippen molar-refractivity contribution in [2.75, 3.05) is 46.1 Å². The van der Waals surface area contributed by atoms with Gasteiger partial charge >= 0.3 is 11.9 Å². The van der Waals surface area contributed by atoms with Gasteiger partial charge in [0.2, 0.25) is 130 Å². The molecule has 0 saturated carbocycles. The molecule has 1 aromatic carbocycles. The zero-order chi connectivity index (χ0) is 112. The fourth-order valence-electron chi connectivity index (χ4n) is 13.5. The van der Waals surface area contributed by atoms with Crippen molar-refractivity contribution in [3.63, 3.8) is 0 Å². The Morgan fingerprint density at radius 1 is 0.288 bits per heavy atom. The van der Waals surface area contributed by atoms with Crippen molar-refractivity contribution < 1.29 is 161 Å². The van der Waals surface area contributed by atoms with Crippen LogP contribution in [0.15, 0.2) is 24.3 Å². The molecule has 146 heavy (non-hydrogen) atoms. The first kappa shape index (κ1) is 130. The van der Waals surface area contributed by atoms with Gasteiger partial charge in [-0.3, -0.25) is 110 Å². The molecule has 58 heteroatoms. The van der Waals surface area contributed by atoms with Crippen LogP contribution in [0.3, 0.4) is 0 Å². The maximum atomic E-state index is 14.7. The van der Waals surface area contributed by atoms with E-state index >= 15 is 0 Å². The molecule has 24 atom stereocenters. The fraction of sp³-hybridized carbons (Fsp3) is 0.659. The Bertz CT molecular complexity index is 4630. The summed E-state index contributed by atoms with van der Waals surface area (Å²) in [6, 6.07) is -30.1. The van der Waals surface area contributed by atoms with E-state index in [1.165, 1.54) is 58.9 Å². The number of benzene rings is 1. The van der Waals surface area contributed by atoms with Crippen LogP contribution in [0.4, 0.5) is 0 Å². The Balaban J connectivity index is 3.53. The smallest absolute Gasteiger partial charge is 0.326 e. The zero-order valence-corrected chi connectivity index (χ0v) is 83.4. The van der Waals surface area contributed by atoms with Gasteiger partial charge in [-0.2, -0.15) is 0 Å². The minimum Gasteiger partial charge on any atom is -0.508 e. The number of aliphatic hydroxyl groups excluding tert-OH is 6. The van der Waals surface area contributed by atoms with E-state index in [9.17, 15) is 156 Å². The number of nitrogens with one attached hydrogen (secondary N) is 19. The molecule has 0 heterocycles. The highest BCUT2D eigenvalue weighted by atomic mass is 16.4. The maximum absolute atomic E-state index is 14.7. The number of aliphatic hydroxyl groups is 6. The number of aromatic hydroxyl groups is 1. The SMILES string of the molecule is CC[C@H](C)[C@H](NC(=O)[C@H](C)NC(=O)[C@H](CC(N)=O)NC(=O)[C@@H](NC(=O)[C@H](Cc1ccc(O)cc1)NC(=O)[C@H](CO)NC(=O)[C@@H](NC(=O)[C@H](C)NC(=O)[C@H](C)NC(=O)[C@H](CC(N)=O)NC(=O)[C@H](CO)NC(=O)[C@@H](N)CCCCN)[C@@H](C)O)[C@@H](C)CC)C(=O)N[C@H](C(=O)N[C@@H](CC(N)=O)C(=O)N[C@@H](CO)C(=O)N[C@@H](CCCCN)C(=O)N[C@@H](CO)C(=O)N[C@H](C(=O)N[C@@H](CO)C(=O)N[C@@H](CC(=O)O)C(=O)O)C(C)C)[C@@H](C)CC. The van der Waals surface area contributed by atoms with E-state index in [0.717, 1.165) is 27.7 Å². The molecule has 40 N–H and O–H groups in total. The molecule has 0 radical (unpaired) electrons. The number of carbonyl (C=O) groups is 24. The van der Waals surface area contributed by atoms with Crippen LogP contribution in [0, 0.1) is 23.7 Å². The molecular weight excluding hydrogens is 1940 g/mol. The van der Waals surface area contributed by atoms with E-state index in [-0.39, 0.29) is 62.8 Å². The van der Waals surface area contributed by atoms with Gasteiger partial charge in [-0.1, -0.05) is 93.2 Å². The monoisotopic (exact) mass is 2080 g/mol. The summed E-state index contributed by atoms with van der Waals surface area (Å²) in [5.41, 5.74) is 33.7. The van der Waals surface area contributed by atoms with Gasteiger partial charge in [-0.05, 0) is 114 Å². The van der Waals surface area contributed by atoms with E-state index in [1.807, 2.05) is 5.32 Å². The van der Waals surface area contributed by atoms with Crippen molar-refractivity contribution >= 4 is 142 Å². The lowest BCUT2D eigenvalue weighted by Crippen LogP contribution is -2.63. The number of hydrogen-bond donors (Lipinski definition) is 34. The molecule has 0 aliphatic carbocycles. The highest BCUT2D eigenvalue weighted by molar-refractivity contribution is 6.04. The molecule has 1 rings (SSSR count). The summed E-state index contributed by atoms with van der Waals surface area (Å²) >= 11 is 0. The highest BCUT2D eigenvalue weighted by Crippen LogP contribution is 2.19. The quantitative estimate of drug-likeness (QED) is 0.0269. The third kappa shape index (κ3) is 45.5. The molecule has 0 aliphatic rings. The number of phenols is 1. The molecule has 822 valence electrons. The topological polar surface area (TPSA) is 976 Å². The first-order valence-electron chi connectivity index (χ1n) is 47.1. The number of unbranched alkanes of at least 4 members (excludes halogenated alkanes) is 2. The number of aliphatic carboxylic acids is 2. The van der Waals surface area contributed by atoms with E-state index in [2.05, 4.69) is 95.7 Å². The number of hydrogen-bond acceptors (Lipinski definition) is 34. The first-order valence-corrected chi connectivity index (χ1v) is 47.1. The number of amides is 22. The molecule has 58 nitrogen and oxygen atoms in total. The average Bonchev–Trinajstić information content (AvgIpc) is 0.839. The van der Waals surface area contributed by atoms with Gasteiger partial charge < -0.3 is 181 Å². The van der Waals surface area contributed by atoms with Crippen LogP contribution in [-0.4, -0.2) is 361 Å². The predicted molar refractivity (Wildman–Crippen MR) is 511 cm³/mol. The Morgan fingerprint density at radius 3 is 0.890 bits per heavy atom. The Kier molecular flexibility index (Phi) is 58.8. The second-order valence-corrected chi connectivity index (χ2v) is 35.3. The Morgan fingerprint density at radius 2 is 0.541 bits per heavy atom. The Hall–Kier alpha value is -14.1. The van der Waals surface area contributed by atoms with Crippen LogP contribution in [0.25, 0.3) is 0 Å². The standard InChI is InChI=1S/C88H147N25O33/c1-13-39(6)65(111-77(134)50(28-46-22-24-47(120)25-23-46)99-80(137)57(35-116)108-87(144)68(45(12)119)113-71(128)43(10)95-69(126)42(9)96-74(131)51(29-60(92)121)100-79(136)55(33-114)104-72(129)48(91)20-16-18-26-89)84(141)101-52(30-61(93)122)75(132)97-44(11)70(127)110-67(41(8)15-3)86(143)112-66(40(7)14-2)85(142)102-53(31-62(94)123)76(133)106-56(34-115)78(135)98-49(21-17-19-27-90)73(130)105-59(37-118)82(139)109-64(38(4)5)83(140)107-58(36-117)81(138)103-54(88(145)146)32-63(124)125/h22-25,38-45,48-59,64-68,114-120H,13-21,26-37,89-91H2,1-12H3,(H2,92,121)(H2,93,122)(H2,94,123)(H,95,126)(H,96,131)(H,97,132)(H,98,135)(H,99,137)(H,100,136)(H,101,141)(H,102,142)(H,103,138)(H,104,129)(H,105,130)(H,106,133)(H,107,140)(H,108,144)(H,109,139)(H,110,127)(H,111,134)(H,112,143)(H,113,128)(H,124,125)(H,145,146)/t39-,40-,41-,42-,43-,44-,45+,48-,49-,50-,51-,52-,53-,54-,55-,56-,57-,58-,59-,64-,65-,66-,67-,68-/m0/s1. The molecular formula is C88H147N25O33. The fourth-order valence-corrected chi connectivity index (χ4v) is 13.5.